The van der Waals surface area contributed by atoms with Gasteiger partial charge in [-0.3, -0.25) is 19.3 Å². The Morgan fingerprint density at radius 1 is 1.09 bits per heavy atom. The molecular weight excluding hydrogens is 591 g/mol. The number of nitriles is 1. The number of pyridine rings is 1. The number of carboxylic acid groups (broad SMARTS) is 2. The average Bonchev–Trinajstić information content (AvgIpc) is 3.35. The third kappa shape index (κ3) is 9.90. The van der Waals surface area contributed by atoms with Crippen molar-refractivity contribution in [1.29, 1.82) is 5.26 Å². The number of aliphatic carboxylic acids is 2. The van der Waals surface area contributed by atoms with Gasteiger partial charge in [-0.2, -0.15) is 18.4 Å². The molecular formula is C28H28F3N5O6S. The first kappa shape index (κ1) is 34.4. The fourth-order valence-electron chi connectivity index (χ4n) is 3.92. The normalized spacial score (nSPS) is 11.8. The highest BCUT2D eigenvalue weighted by molar-refractivity contribution is 7.14. The summed E-state index contributed by atoms with van der Waals surface area (Å²) < 4.78 is 31.7. The van der Waals surface area contributed by atoms with Gasteiger partial charge in [-0.15, -0.1) is 11.3 Å². The predicted octanol–water partition coefficient (Wildman–Crippen LogP) is 3.81. The quantitative estimate of drug-likeness (QED) is 0.317. The Balaban J connectivity index is 0.000000261. The van der Waals surface area contributed by atoms with Crippen LogP contribution in [0.5, 0.6) is 0 Å². The SMILES string of the molecule is Cc1cccc(N(CC(=O)O)C(=O)c2cccc(CN)c2)n1.N#Cc1c(C(N)=O)sc2c1CCCC2.O=C(O)C(F)(F)F. The minimum Gasteiger partial charge on any atom is -0.480 e. The molecule has 15 heteroatoms. The number of nitrogens with zero attached hydrogens (tertiary/aromatic N) is 3. The van der Waals surface area contributed by atoms with E-state index >= 15 is 0 Å². The molecule has 1 aromatic carbocycles. The first-order chi connectivity index (χ1) is 20.2. The Kier molecular flexibility index (Phi) is 12.3. The molecule has 11 nitrogen and oxygen atoms in total. The molecule has 0 atom stereocenters. The molecule has 228 valence electrons. The fourth-order valence-corrected chi connectivity index (χ4v) is 5.11. The average molecular weight is 620 g/mol. The van der Waals surface area contributed by atoms with Gasteiger partial charge in [-0.1, -0.05) is 18.2 Å². The molecule has 3 aromatic rings. The number of alkyl halides is 3. The van der Waals surface area contributed by atoms with Gasteiger partial charge in [0.15, 0.2) is 0 Å². The summed E-state index contributed by atoms with van der Waals surface area (Å²) >= 11 is 1.40. The van der Waals surface area contributed by atoms with E-state index in [1.54, 1.807) is 43.3 Å². The zero-order valence-corrected chi connectivity index (χ0v) is 23.7. The Morgan fingerprint density at radius 3 is 2.26 bits per heavy atom. The largest absolute Gasteiger partial charge is 0.490 e. The molecule has 2 heterocycles. The second kappa shape index (κ2) is 15.4. The van der Waals surface area contributed by atoms with Gasteiger partial charge < -0.3 is 21.7 Å². The summed E-state index contributed by atoms with van der Waals surface area (Å²) in [7, 11) is 0. The summed E-state index contributed by atoms with van der Waals surface area (Å²) in [5, 5.41) is 25.2. The second-order valence-corrected chi connectivity index (χ2v) is 10.1. The number of carbonyl (C=O) groups excluding carboxylic acids is 2. The van der Waals surface area contributed by atoms with Crippen molar-refractivity contribution < 1.29 is 42.6 Å². The Morgan fingerprint density at radius 2 is 1.72 bits per heavy atom. The van der Waals surface area contributed by atoms with Gasteiger partial charge in [-0.25, -0.2) is 9.78 Å². The molecule has 43 heavy (non-hydrogen) atoms. The zero-order chi connectivity index (χ0) is 32.3. The lowest BCUT2D eigenvalue weighted by atomic mass is 9.95. The van der Waals surface area contributed by atoms with E-state index in [9.17, 15) is 27.6 Å². The molecule has 0 bridgehead atoms. The van der Waals surface area contributed by atoms with E-state index in [0.717, 1.165) is 41.7 Å². The van der Waals surface area contributed by atoms with Crippen molar-refractivity contribution in [3.63, 3.8) is 0 Å². The van der Waals surface area contributed by atoms with Crippen molar-refractivity contribution >= 4 is 40.9 Å². The van der Waals surface area contributed by atoms with Crippen LogP contribution in [0.2, 0.25) is 0 Å². The molecule has 0 spiro atoms. The molecule has 0 saturated carbocycles. The third-order valence-electron chi connectivity index (χ3n) is 5.85. The lowest BCUT2D eigenvalue weighted by Gasteiger charge is -2.20. The number of halogens is 3. The smallest absolute Gasteiger partial charge is 0.480 e. The Labute approximate surface area is 248 Å². The highest BCUT2D eigenvalue weighted by Crippen LogP contribution is 2.33. The molecule has 0 unspecified atom stereocenters. The number of primary amides is 1. The number of aromatic nitrogens is 1. The minimum atomic E-state index is -5.08. The summed E-state index contributed by atoms with van der Waals surface area (Å²) in [5.41, 5.74) is 14.3. The van der Waals surface area contributed by atoms with Crippen LogP contribution in [-0.2, 0) is 29.0 Å². The molecule has 0 fully saturated rings. The van der Waals surface area contributed by atoms with Crippen LogP contribution in [0.3, 0.4) is 0 Å². The number of anilines is 1. The minimum absolute atomic E-state index is 0.308. The second-order valence-electron chi connectivity index (χ2n) is 9.02. The van der Waals surface area contributed by atoms with Crippen LogP contribution in [0.15, 0.2) is 42.5 Å². The number of thiophene rings is 1. The number of hydrogen-bond acceptors (Lipinski definition) is 8. The summed E-state index contributed by atoms with van der Waals surface area (Å²) in [6, 6.07) is 14.0. The van der Waals surface area contributed by atoms with Crippen molar-refractivity contribution in [2.45, 2.75) is 45.3 Å². The molecule has 1 aliphatic carbocycles. The molecule has 0 aliphatic heterocycles. The van der Waals surface area contributed by atoms with Crippen LogP contribution in [0.25, 0.3) is 0 Å². The van der Waals surface area contributed by atoms with Gasteiger partial charge >= 0.3 is 18.1 Å². The number of carbonyl (C=O) groups is 4. The number of rotatable bonds is 6. The lowest BCUT2D eigenvalue weighted by Crippen LogP contribution is -2.36. The third-order valence-corrected chi connectivity index (χ3v) is 7.15. The number of hydrogen-bond donors (Lipinski definition) is 4. The standard InChI is InChI=1S/C16H17N3O3.C10H10N2OS.C2HF3O2/c1-11-4-2-7-14(18-11)19(10-15(20)21)16(22)13-6-3-5-12(8-13)9-17;11-5-7-6-3-1-2-4-8(6)14-9(7)10(12)13;3-2(4,5)1(6)7/h2-8H,9-10,17H2,1H3,(H,20,21);1-4H2,(H2,12,13);(H,6,7). The highest BCUT2D eigenvalue weighted by Gasteiger charge is 2.38. The molecule has 0 saturated heterocycles. The maximum Gasteiger partial charge on any atom is 0.490 e. The first-order valence-corrected chi connectivity index (χ1v) is 13.4. The number of amides is 2. The van der Waals surface area contributed by atoms with Crippen molar-refractivity contribution in [1.82, 2.24) is 4.98 Å². The molecule has 2 aromatic heterocycles. The molecule has 1 aliphatic rings. The first-order valence-electron chi connectivity index (χ1n) is 12.6. The van der Waals surface area contributed by atoms with E-state index in [0.29, 0.717) is 34.1 Å². The van der Waals surface area contributed by atoms with Crippen LogP contribution in [-0.4, -0.2) is 51.7 Å². The van der Waals surface area contributed by atoms with E-state index in [2.05, 4.69) is 11.1 Å². The maximum atomic E-state index is 12.6. The molecule has 4 rings (SSSR count). The lowest BCUT2D eigenvalue weighted by molar-refractivity contribution is -0.192. The van der Waals surface area contributed by atoms with Crippen molar-refractivity contribution in [3.8, 4) is 6.07 Å². The molecule has 2 amide bonds. The summed E-state index contributed by atoms with van der Waals surface area (Å²) in [4.78, 5) is 50.7. The van der Waals surface area contributed by atoms with Crippen LogP contribution in [0.1, 0.15) is 60.1 Å². The fraction of sp³-hybridized carbons (Fsp3) is 0.286. The number of carboxylic acids is 2. The summed E-state index contributed by atoms with van der Waals surface area (Å²) in [6.07, 6.45) is -0.919. The van der Waals surface area contributed by atoms with E-state index < -0.39 is 36.5 Å². The predicted molar refractivity (Wildman–Crippen MR) is 151 cm³/mol. The van der Waals surface area contributed by atoms with Gasteiger partial charge in [0.1, 0.15) is 23.3 Å². The van der Waals surface area contributed by atoms with E-state index in [4.69, 9.17) is 31.7 Å². The van der Waals surface area contributed by atoms with Crippen molar-refractivity contribution in [2.75, 3.05) is 11.4 Å². The van der Waals surface area contributed by atoms with Crippen LogP contribution >= 0.6 is 11.3 Å². The summed E-state index contributed by atoms with van der Waals surface area (Å²) in [6.45, 7) is 1.63. The monoisotopic (exact) mass is 619 g/mol. The number of fused-ring (bicyclic) bond motifs is 1. The Bertz CT molecular complexity index is 1530. The Hall–Kier alpha value is -4.81. The van der Waals surface area contributed by atoms with Crippen LogP contribution < -0.4 is 16.4 Å². The maximum absolute atomic E-state index is 12.6. The van der Waals surface area contributed by atoms with Crippen molar-refractivity contribution in [3.05, 3.63) is 80.2 Å². The van der Waals surface area contributed by atoms with E-state index in [-0.39, 0.29) is 0 Å². The van der Waals surface area contributed by atoms with Gasteiger partial charge in [0.25, 0.3) is 11.8 Å². The number of aryl methyl sites for hydroxylation is 2. The number of nitrogens with two attached hydrogens (primary N) is 2. The topological polar surface area (TPSA) is 201 Å². The molecule has 6 N–H and O–H groups in total. The van der Waals surface area contributed by atoms with Crippen molar-refractivity contribution in [2.24, 2.45) is 11.5 Å². The van der Waals surface area contributed by atoms with Crippen LogP contribution in [0.4, 0.5) is 19.0 Å². The summed E-state index contributed by atoms with van der Waals surface area (Å²) in [5.74, 6) is -4.44. The van der Waals surface area contributed by atoms with Gasteiger partial charge in [-0.05, 0) is 68.0 Å². The van der Waals surface area contributed by atoms with Crippen LogP contribution in [0, 0.1) is 18.3 Å². The van der Waals surface area contributed by atoms with Gasteiger partial charge in [0.2, 0.25) is 0 Å². The zero-order valence-electron chi connectivity index (χ0n) is 22.8. The molecule has 0 radical (unpaired) electrons. The highest BCUT2D eigenvalue weighted by atomic mass is 32.1. The number of benzene rings is 1. The van der Waals surface area contributed by atoms with E-state index in [1.165, 1.54) is 16.2 Å². The van der Waals surface area contributed by atoms with E-state index in [1.807, 2.05) is 6.07 Å². The van der Waals surface area contributed by atoms with Gasteiger partial charge in [0, 0.05) is 22.7 Å². The van der Waals surface area contributed by atoms with Gasteiger partial charge in [0.05, 0.1) is 5.56 Å².